The van der Waals surface area contributed by atoms with Crippen LogP contribution in [0.3, 0.4) is 0 Å². The number of aromatic nitrogens is 2. The summed E-state index contributed by atoms with van der Waals surface area (Å²) >= 11 is 0. The fraction of sp³-hybridized carbons (Fsp3) is 0.292. The number of nitrogens with one attached hydrogen (secondary N) is 2. The van der Waals surface area contributed by atoms with Crippen LogP contribution in [0.2, 0.25) is 0 Å². The minimum absolute atomic E-state index is 0.0683. The second-order valence-corrected chi connectivity index (χ2v) is 8.04. The van der Waals surface area contributed by atoms with Crippen LogP contribution in [0, 0.1) is 13.8 Å². The summed E-state index contributed by atoms with van der Waals surface area (Å²) in [6.07, 6.45) is 0.278. The maximum absolute atomic E-state index is 12.7. The van der Waals surface area contributed by atoms with Crippen molar-refractivity contribution in [3.8, 4) is 28.8 Å². The van der Waals surface area contributed by atoms with E-state index in [9.17, 15) is 14.7 Å². The molecule has 0 radical (unpaired) electrons. The molecule has 3 aromatic rings. The Bertz CT molecular complexity index is 1360. The minimum Gasteiger partial charge on any atom is -0.493 e. The number of aryl methyl sites for hydroxylation is 2. The van der Waals surface area contributed by atoms with Gasteiger partial charge in [-0.05, 0) is 54.8 Å². The van der Waals surface area contributed by atoms with E-state index in [0.29, 0.717) is 28.6 Å². The van der Waals surface area contributed by atoms with Crippen LogP contribution in [0.1, 0.15) is 34.7 Å². The van der Waals surface area contributed by atoms with Crippen molar-refractivity contribution in [3.05, 3.63) is 73.4 Å². The lowest BCUT2D eigenvalue weighted by Crippen LogP contribution is -2.33. The molecule has 1 aromatic heterocycles. The van der Waals surface area contributed by atoms with Crippen LogP contribution in [0.25, 0.3) is 5.69 Å². The summed E-state index contributed by atoms with van der Waals surface area (Å²) in [4.78, 5) is 27.6. The maximum Gasteiger partial charge on any atom is 0.335 e. The van der Waals surface area contributed by atoms with E-state index in [4.69, 9.17) is 14.2 Å². The van der Waals surface area contributed by atoms with Crippen LogP contribution in [0.5, 0.6) is 23.1 Å². The lowest BCUT2D eigenvalue weighted by molar-refractivity contribution is 0.323. The van der Waals surface area contributed by atoms with Crippen molar-refractivity contribution in [2.24, 2.45) is 5.10 Å². The van der Waals surface area contributed by atoms with Gasteiger partial charge in [-0.15, -0.1) is 0 Å². The van der Waals surface area contributed by atoms with Gasteiger partial charge in [-0.25, -0.2) is 9.36 Å². The van der Waals surface area contributed by atoms with Crippen molar-refractivity contribution in [2.45, 2.75) is 26.3 Å². The molecule has 1 aliphatic rings. The topological polar surface area (TPSA) is 127 Å². The van der Waals surface area contributed by atoms with Gasteiger partial charge in [-0.1, -0.05) is 6.07 Å². The molecule has 10 heteroatoms. The first-order chi connectivity index (χ1) is 16.3. The van der Waals surface area contributed by atoms with Crippen LogP contribution in [0.4, 0.5) is 0 Å². The molecule has 34 heavy (non-hydrogen) atoms. The Morgan fingerprint density at radius 2 is 1.59 bits per heavy atom. The first kappa shape index (κ1) is 23.0. The number of ether oxygens (including phenoxy) is 3. The lowest BCUT2D eigenvalue weighted by Gasteiger charge is -2.17. The Hall–Kier alpha value is -4.21. The molecule has 0 spiro atoms. The van der Waals surface area contributed by atoms with Crippen molar-refractivity contribution in [3.63, 3.8) is 0 Å². The molecule has 10 nitrogen and oxygen atoms in total. The number of H-pyrrole nitrogens is 1. The molecular weight excluding hydrogens is 440 g/mol. The summed E-state index contributed by atoms with van der Waals surface area (Å²) in [5.74, 6) is 0.958. The highest BCUT2D eigenvalue weighted by molar-refractivity contribution is 6.03. The minimum atomic E-state index is -0.732. The van der Waals surface area contributed by atoms with Crippen LogP contribution >= 0.6 is 0 Å². The maximum atomic E-state index is 12.7. The van der Waals surface area contributed by atoms with Crippen molar-refractivity contribution >= 4 is 5.71 Å². The van der Waals surface area contributed by atoms with E-state index in [1.165, 1.54) is 21.3 Å². The Labute approximate surface area is 195 Å². The van der Waals surface area contributed by atoms with Gasteiger partial charge in [0.25, 0.3) is 5.56 Å². The Kier molecular flexibility index (Phi) is 6.06. The smallest absolute Gasteiger partial charge is 0.335 e. The second-order valence-electron chi connectivity index (χ2n) is 8.04. The van der Waals surface area contributed by atoms with E-state index in [1.807, 2.05) is 19.9 Å². The molecule has 2 aromatic carbocycles. The predicted molar refractivity (Wildman–Crippen MR) is 127 cm³/mol. The summed E-state index contributed by atoms with van der Waals surface area (Å²) in [6, 6.07) is 8.71. The average molecular weight is 466 g/mol. The predicted octanol–water partition coefficient (Wildman–Crippen LogP) is 2.31. The molecule has 0 bridgehead atoms. The van der Waals surface area contributed by atoms with E-state index in [1.54, 1.807) is 24.3 Å². The highest BCUT2D eigenvalue weighted by atomic mass is 16.5. The van der Waals surface area contributed by atoms with Crippen molar-refractivity contribution in [2.75, 3.05) is 21.3 Å². The summed E-state index contributed by atoms with van der Waals surface area (Å²) in [7, 11) is 4.58. The van der Waals surface area contributed by atoms with Crippen LogP contribution in [0.15, 0.2) is 45.0 Å². The SMILES string of the molecule is COc1cc([C@@H]2CC(c3c(O)n(-c4cc(C)cc(C)c4)c(=O)[nH]c3=O)=NN2)cc(OC)c1OC. The van der Waals surface area contributed by atoms with Crippen LogP contribution in [-0.4, -0.2) is 41.7 Å². The molecule has 2 heterocycles. The van der Waals surface area contributed by atoms with Gasteiger partial charge in [0.15, 0.2) is 11.5 Å². The zero-order valence-electron chi connectivity index (χ0n) is 19.6. The number of benzene rings is 2. The fourth-order valence-corrected chi connectivity index (χ4v) is 4.20. The summed E-state index contributed by atoms with van der Waals surface area (Å²) in [5, 5.41) is 15.3. The average Bonchev–Trinajstić information content (AvgIpc) is 3.26. The Morgan fingerprint density at radius 3 is 2.15 bits per heavy atom. The highest BCUT2D eigenvalue weighted by Gasteiger charge is 2.29. The largest absolute Gasteiger partial charge is 0.493 e. The van der Waals surface area contributed by atoms with Crippen molar-refractivity contribution in [1.82, 2.24) is 15.0 Å². The van der Waals surface area contributed by atoms with Gasteiger partial charge in [0, 0.05) is 6.42 Å². The van der Waals surface area contributed by atoms with E-state index >= 15 is 0 Å². The number of hydrogen-bond acceptors (Lipinski definition) is 8. The summed E-state index contributed by atoms with van der Waals surface area (Å²) in [5.41, 5.74) is 4.85. The molecule has 0 saturated heterocycles. The molecular formula is C24H26N4O6. The van der Waals surface area contributed by atoms with Gasteiger partial charge >= 0.3 is 5.69 Å². The molecule has 1 aliphatic heterocycles. The third kappa shape index (κ3) is 3.98. The molecule has 4 rings (SSSR count). The number of aromatic amines is 1. The molecule has 0 amide bonds. The first-order valence-electron chi connectivity index (χ1n) is 10.6. The molecule has 178 valence electrons. The van der Waals surface area contributed by atoms with Gasteiger partial charge in [0.05, 0.1) is 38.8 Å². The summed E-state index contributed by atoms with van der Waals surface area (Å²) < 4.78 is 17.3. The van der Waals surface area contributed by atoms with E-state index in [-0.39, 0.29) is 18.0 Å². The first-order valence-corrected chi connectivity index (χ1v) is 10.6. The Balaban J connectivity index is 1.74. The zero-order valence-corrected chi connectivity index (χ0v) is 19.6. The number of aromatic hydroxyl groups is 1. The van der Waals surface area contributed by atoms with Gasteiger partial charge in [-0.2, -0.15) is 5.10 Å². The number of methoxy groups -OCH3 is 3. The van der Waals surface area contributed by atoms with Gasteiger partial charge < -0.3 is 24.7 Å². The quantitative estimate of drug-likeness (QED) is 0.509. The molecule has 0 saturated carbocycles. The molecule has 0 aliphatic carbocycles. The number of nitrogens with zero attached hydrogens (tertiary/aromatic N) is 2. The van der Waals surface area contributed by atoms with Gasteiger partial charge in [-0.3, -0.25) is 9.78 Å². The van der Waals surface area contributed by atoms with Gasteiger partial charge in [0.1, 0.15) is 5.56 Å². The molecule has 3 N–H and O–H groups in total. The molecule has 0 fully saturated rings. The zero-order chi connectivity index (χ0) is 24.6. The van der Waals surface area contributed by atoms with Crippen LogP contribution < -0.4 is 30.9 Å². The van der Waals surface area contributed by atoms with Crippen LogP contribution in [-0.2, 0) is 0 Å². The fourth-order valence-electron chi connectivity index (χ4n) is 4.20. The third-order valence-electron chi connectivity index (χ3n) is 5.68. The van der Waals surface area contributed by atoms with E-state index in [0.717, 1.165) is 21.3 Å². The van der Waals surface area contributed by atoms with Crippen molar-refractivity contribution in [1.29, 1.82) is 0 Å². The highest BCUT2D eigenvalue weighted by Crippen LogP contribution is 2.41. The number of hydrogen-bond donors (Lipinski definition) is 3. The van der Waals surface area contributed by atoms with Crippen molar-refractivity contribution < 1.29 is 19.3 Å². The standard InChI is InChI=1S/C24H26N4O6/c1-12-6-13(2)8-15(7-12)28-23(30)20(22(29)25-24(28)31)17-11-16(26-27-17)14-9-18(32-3)21(34-5)19(10-14)33-4/h6-10,16,26,30H,11H2,1-5H3,(H,25,29,31)/t16-/m0/s1. The van der Waals surface area contributed by atoms with E-state index in [2.05, 4.69) is 15.5 Å². The summed E-state index contributed by atoms with van der Waals surface area (Å²) in [6.45, 7) is 3.77. The molecule has 1 atom stereocenters. The lowest BCUT2D eigenvalue weighted by atomic mass is 9.99. The number of hydrazone groups is 1. The third-order valence-corrected chi connectivity index (χ3v) is 5.68. The molecule has 0 unspecified atom stereocenters. The Morgan fingerprint density at radius 1 is 0.971 bits per heavy atom. The van der Waals surface area contributed by atoms with E-state index < -0.39 is 17.1 Å². The number of rotatable bonds is 6. The van der Waals surface area contributed by atoms with Gasteiger partial charge in [0.2, 0.25) is 11.6 Å². The monoisotopic (exact) mass is 466 g/mol. The second kappa shape index (κ2) is 8.97. The normalized spacial score (nSPS) is 15.0.